The highest BCUT2D eigenvalue weighted by molar-refractivity contribution is 5.75. The minimum absolute atomic E-state index is 0.186. The van der Waals surface area contributed by atoms with Crippen LogP contribution in [0.2, 0.25) is 0 Å². The third kappa shape index (κ3) is 4.10. The van der Waals surface area contributed by atoms with Gasteiger partial charge in [-0.1, -0.05) is 12.1 Å². The molecule has 0 unspecified atom stereocenters. The lowest BCUT2D eigenvalue weighted by atomic mass is 10.3. The van der Waals surface area contributed by atoms with Crippen LogP contribution in [0, 0.1) is 0 Å². The zero-order valence-corrected chi connectivity index (χ0v) is 14.4. The number of aromatic nitrogens is 2. The second-order valence-electron chi connectivity index (χ2n) is 5.70. The molecule has 3 rings (SSSR count). The fourth-order valence-corrected chi connectivity index (χ4v) is 2.70. The fourth-order valence-electron chi connectivity index (χ4n) is 2.70. The Kier molecular flexibility index (Phi) is 5.53. The quantitative estimate of drug-likeness (QED) is 0.682. The molecule has 6 heteroatoms. The van der Waals surface area contributed by atoms with E-state index in [0.717, 1.165) is 22.6 Å². The number of nitrogens with zero attached hydrogens (tertiary/aromatic N) is 2. The Hall–Kier alpha value is -2.57. The second-order valence-corrected chi connectivity index (χ2v) is 5.70. The van der Waals surface area contributed by atoms with Crippen LogP contribution < -0.4 is 9.47 Å². The summed E-state index contributed by atoms with van der Waals surface area (Å²) in [6.45, 7) is 0.960. The summed E-state index contributed by atoms with van der Waals surface area (Å²) < 4.78 is 18.0. The summed E-state index contributed by atoms with van der Waals surface area (Å²) in [7, 11) is 3.25. The maximum absolute atomic E-state index is 10.4. The highest BCUT2D eigenvalue weighted by atomic mass is 16.5. The average molecular weight is 342 g/mol. The molecule has 0 saturated carbocycles. The van der Waals surface area contributed by atoms with E-state index in [2.05, 4.69) is 4.98 Å². The van der Waals surface area contributed by atoms with Crippen molar-refractivity contribution in [2.75, 3.05) is 20.8 Å². The lowest BCUT2D eigenvalue weighted by molar-refractivity contribution is 0.0901. The van der Waals surface area contributed by atoms with Crippen molar-refractivity contribution in [1.82, 2.24) is 9.55 Å². The van der Waals surface area contributed by atoms with Gasteiger partial charge in [0.15, 0.2) is 0 Å². The molecule has 132 valence electrons. The van der Waals surface area contributed by atoms with Crippen LogP contribution in [0.4, 0.5) is 0 Å². The van der Waals surface area contributed by atoms with Gasteiger partial charge in [-0.05, 0) is 36.4 Å². The Bertz CT molecular complexity index is 814. The number of ether oxygens (including phenoxy) is 3. The van der Waals surface area contributed by atoms with Gasteiger partial charge in [-0.15, -0.1) is 0 Å². The summed E-state index contributed by atoms with van der Waals surface area (Å²) >= 11 is 0. The number of benzene rings is 2. The minimum atomic E-state index is -0.671. The first-order valence-corrected chi connectivity index (χ1v) is 8.09. The standard InChI is InChI=1S/C19H22N2O4/c1-23-13-19-20-17-5-3-4-6-18(17)21(19)11-14(22)12-25-16-9-7-15(24-2)8-10-16/h3-10,14,22H,11-13H2,1-2H3/t14-/m1/s1. The molecule has 0 amide bonds. The van der Waals surface area contributed by atoms with Crippen LogP contribution in [0.1, 0.15) is 5.82 Å². The molecule has 0 bridgehead atoms. The van der Waals surface area contributed by atoms with E-state index in [1.165, 1.54) is 0 Å². The molecule has 1 N–H and O–H groups in total. The Morgan fingerprint density at radius 2 is 1.76 bits per heavy atom. The van der Waals surface area contributed by atoms with Gasteiger partial charge in [0.1, 0.15) is 36.6 Å². The summed E-state index contributed by atoms with van der Waals surface area (Å²) in [4.78, 5) is 4.56. The van der Waals surface area contributed by atoms with E-state index in [1.54, 1.807) is 14.2 Å². The molecule has 25 heavy (non-hydrogen) atoms. The molecule has 2 aromatic carbocycles. The molecule has 0 radical (unpaired) electrons. The third-order valence-corrected chi connectivity index (χ3v) is 3.90. The molecule has 1 atom stereocenters. The van der Waals surface area contributed by atoms with Gasteiger partial charge >= 0.3 is 0 Å². The molecule has 6 nitrogen and oxygen atoms in total. The number of aliphatic hydroxyl groups is 1. The molecule has 1 heterocycles. The monoisotopic (exact) mass is 342 g/mol. The highest BCUT2D eigenvalue weighted by Crippen LogP contribution is 2.19. The maximum Gasteiger partial charge on any atom is 0.136 e. The predicted octanol–water partition coefficient (Wildman–Crippen LogP) is 2.63. The predicted molar refractivity (Wildman–Crippen MR) is 94.9 cm³/mol. The van der Waals surface area contributed by atoms with E-state index in [1.807, 2.05) is 53.1 Å². The average Bonchev–Trinajstić information content (AvgIpc) is 2.98. The normalized spacial score (nSPS) is 12.3. The fraction of sp³-hybridized carbons (Fsp3) is 0.316. The van der Waals surface area contributed by atoms with Crippen molar-refractivity contribution in [3.8, 4) is 11.5 Å². The lowest BCUT2D eigenvalue weighted by Gasteiger charge is -2.15. The molecule has 1 aromatic heterocycles. The number of hydrogen-bond acceptors (Lipinski definition) is 5. The van der Waals surface area contributed by atoms with Gasteiger partial charge in [0.25, 0.3) is 0 Å². The van der Waals surface area contributed by atoms with Gasteiger partial charge in [-0.2, -0.15) is 0 Å². The summed E-state index contributed by atoms with van der Waals surface area (Å²) in [5.41, 5.74) is 1.86. The van der Waals surface area contributed by atoms with Gasteiger partial charge in [-0.3, -0.25) is 0 Å². The van der Waals surface area contributed by atoms with Crippen LogP contribution in [0.25, 0.3) is 11.0 Å². The van der Waals surface area contributed by atoms with E-state index in [4.69, 9.17) is 14.2 Å². The molecule has 3 aromatic rings. The van der Waals surface area contributed by atoms with Crippen LogP contribution in [-0.4, -0.2) is 41.6 Å². The Balaban J connectivity index is 1.68. The number of methoxy groups -OCH3 is 2. The van der Waals surface area contributed by atoms with Crippen LogP contribution in [0.5, 0.6) is 11.5 Å². The minimum Gasteiger partial charge on any atom is -0.497 e. The van der Waals surface area contributed by atoms with E-state index in [0.29, 0.717) is 18.9 Å². The number of fused-ring (bicyclic) bond motifs is 1. The summed E-state index contributed by atoms with van der Waals surface area (Å²) in [6, 6.07) is 15.1. The Morgan fingerprint density at radius 3 is 2.48 bits per heavy atom. The van der Waals surface area contributed by atoms with E-state index < -0.39 is 6.10 Å². The van der Waals surface area contributed by atoms with Gasteiger partial charge in [-0.25, -0.2) is 4.98 Å². The topological polar surface area (TPSA) is 65.7 Å². The summed E-state index contributed by atoms with van der Waals surface area (Å²) in [6.07, 6.45) is -0.671. The van der Waals surface area contributed by atoms with Crippen molar-refractivity contribution in [3.05, 3.63) is 54.4 Å². The van der Waals surface area contributed by atoms with Gasteiger partial charge < -0.3 is 23.9 Å². The molecule has 0 fully saturated rings. The van der Waals surface area contributed by atoms with E-state index >= 15 is 0 Å². The van der Waals surface area contributed by atoms with Gasteiger partial charge in [0.2, 0.25) is 0 Å². The highest BCUT2D eigenvalue weighted by Gasteiger charge is 2.14. The van der Waals surface area contributed by atoms with Crippen molar-refractivity contribution in [1.29, 1.82) is 0 Å². The third-order valence-electron chi connectivity index (χ3n) is 3.90. The largest absolute Gasteiger partial charge is 0.497 e. The SMILES string of the molecule is COCc1nc2ccccc2n1C[C@@H](O)COc1ccc(OC)cc1. The maximum atomic E-state index is 10.4. The number of para-hydroxylation sites is 2. The molecule has 0 saturated heterocycles. The first-order valence-electron chi connectivity index (χ1n) is 8.09. The second kappa shape index (κ2) is 8.00. The number of imidazole rings is 1. The van der Waals surface area contributed by atoms with Crippen molar-refractivity contribution < 1.29 is 19.3 Å². The Morgan fingerprint density at radius 1 is 1.04 bits per heavy atom. The lowest BCUT2D eigenvalue weighted by Crippen LogP contribution is -2.24. The molecule has 0 aliphatic heterocycles. The van der Waals surface area contributed by atoms with Crippen LogP contribution in [0.3, 0.4) is 0 Å². The molecular weight excluding hydrogens is 320 g/mol. The first kappa shape index (κ1) is 17.3. The number of aliphatic hydroxyl groups excluding tert-OH is 1. The molecule has 0 aliphatic carbocycles. The summed E-state index contributed by atoms with van der Waals surface area (Å²) in [5.74, 6) is 2.24. The first-order chi connectivity index (χ1) is 12.2. The van der Waals surface area contributed by atoms with E-state index in [-0.39, 0.29) is 6.61 Å². The zero-order valence-electron chi connectivity index (χ0n) is 14.4. The van der Waals surface area contributed by atoms with Gasteiger partial charge in [0.05, 0.1) is 24.7 Å². The van der Waals surface area contributed by atoms with Crippen molar-refractivity contribution in [2.45, 2.75) is 19.3 Å². The molecule has 0 spiro atoms. The van der Waals surface area contributed by atoms with Crippen molar-refractivity contribution >= 4 is 11.0 Å². The number of hydrogen-bond donors (Lipinski definition) is 1. The van der Waals surface area contributed by atoms with E-state index in [9.17, 15) is 5.11 Å². The van der Waals surface area contributed by atoms with Crippen molar-refractivity contribution in [3.63, 3.8) is 0 Å². The smallest absolute Gasteiger partial charge is 0.136 e. The Labute approximate surface area is 146 Å². The zero-order chi connectivity index (χ0) is 17.6. The molecule has 0 aliphatic rings. The van der Waals surface area contributed by atoms with Crippen LogP contribution in [0.15, 0.2) is 48.5 Å². The van der Waals surface area contributed by atoms with Crippen LogP contribution in [-0.2, 0) is 17.9 Å². The number of rotatable bonds is 8. The molecular formula is C19H22N2O4. The van der Waals surface area contributed by atoms with Crippen LogP contribution >= 0.6 is 0 Å². The van der Waals surface area contributed by atoms with Gasteiger partial charge in [0, 0.05) is 7.11 Å². The van der Waals surface area contributed by atoms with Crippen molar-refractivity contribution in [2.24, 2.45) is 0 Å². The summed E-state index contributed by atoms with van der Waals surface area (Å²) in [5, 5.41) is 10.4.